The molecule has 0 radical (unpaired) electrons. The van der Waals surface area contributed by atoms with Gasteiger partial charge in [0.15, 0.2) is 23.2 Å². The zero-order valence-electron chi connectivity index (χ0n) is 10.8. The van der Waals surface area contributed by atoms with Crippen molar-refractivity contribution in [2.75, 3.05) is 0 Å². The molecular formula is C16H12F2O2. The van der Waals surface area contributed by atoms with Crippen molar-refractivity contribution in [2.24, 2.45) is 0 Å². The van der Waals surface area contributed by atoms with Crippen molar-refractivity contribution in [2.45, 2.75) is 13.3 Å². The maximum atomic E-state index is 13.5. The molecule has 102 valence electrons. The van der Waals surface area contributed by atoms with Crippen molar-refractivity contribution < 1.29 is 18.4 Å². The van der Waals surface area contributed by atoms with Gasteiger partial charge in [0.05, 0.1) is 12.0 Å². The Morgan fingerprint density at radius 3 is 2.25 bits per heavy atom. The van der Waals surface area contributed by atoms with Crippen molar-refractivity contribution in [3.63, 3.8) is 0 Å². The van der Waals surface area contributed by atoms with Crippen LogP contribution >= 0.6 is 0 Å². The molecule has 0 atom stereocenters. The number of halogens is 2. The van der Waals surface area contributed by atoms with Crippen molar-refractivity contribution >= 4 is 11.6 Å². The number of ketones is 2. The molecule has 2 aromatic carbocycles. The summed E-state index contributed by atoms with van der Waals surface area (Å²) in [6.45, 7) is 1.88. The van der Waals surface area contributed by atoms with Gasteiger partial charge in [0.2, 0.25) is 0 Å². The highest BCUT2D eigenvalue weighted by Gasteiger charge is 2.18. The van der Waals surface area contributed by atoms with E-state index in [0.717, 1.165) is 11.6 Å². The molecule has 4 heteroatoms. The minimum absolute atomic E-state index is 0.376. The number of hydrogen-bond donors (Lipinski definition) is 0. The number of Topliss-reactive ketones (excluding diaryl/α,β-unsaturated/α-hetero) is 2. The van der Waals surface area contributed by atoms with Crippen LogP contribution in [0.15, 0.2) is 42.5 Å². The van der Waals surface area contributed by atoms with E-state index in [2.05, 4.69) is 0 Å². The predicted molar refractivity (Wildman–Crippen MR) is 70.8 cm³/mol. The fourth-order valence-corrected chi connectivity index (χ4v) is 1.80. The van der Waals surface area contributed by atoms with Crippen molar-refractivity contribution in [3.05, 3.63) is 70.8 Å². The second kappa shape index (κ2) is 5.74. The monoisotopic (exact) mass is 274 g/mol. The van der Waals surface area contributed by atoms with Crippen LogP contribution in [0.4, 0.5) is 8.78 Å². The van der Waals surface area contributed by atoms with Crippen LogP contribution in [-0.4, -0.2) is 11.6 Å². The van der Waals surface area contributed by atoms with E-state index in [9.17, 15) is 18.4 Å². The van der Waals surface area contributed by atoms with Crippen molar-refractivity contribution in [1.82, 2.24) is 0 Å². The first-order valence-electron chi connectivity index (χ1n) is 6.06. The highest BCUT2D eigenvalue weighted by Crippen LogP contribution is 2.15. The van der Waals surface area contributed by atoms with Crippen LogP contribution in [0.3, 0.4) is 0 Å². The van der Waals surface area contributed by atoms with Gasteiger partial charge in [-0.1, -0.05) is 35.9 Å². The number of rotatable bonds is 4. The first-order chi connectivity index (χ1) is 9.49. The Labute approximate surface area is 115 Å². The Balaban J connectivity index is 2.17. The summed E-state index contributed by atoms with van der Waals surface area (Å²) in [5.41, 5.74) is 0.968. The molecule has 0 unspecified atom stereocenters. The van der Waals surface area contributed by atoms with E-state index in [-0.39, 0.29) is 0 Å². The zero-order valence-corrected chi connectivity index (χ0v) is 10.8. The molecule has 0 heterocycles. The Morgan fingerprint density at radius 1 is 0.950 bits per heavy atom. The lowest BCUT2D eigenvalue weighted by Crippen LogP contribution is -2.11. The zero-order chi connectivity index (χ0) is 14.7. The van der Waals surface area contributed by atoms with E-state index in [4.69, 9.17) is 0 Å². The average Bonchev–Trinajstić information content (AvgIpc) is 2.42. The van der Waals surface area contributed by atoms with Gasteiger partial charge in [-0.3, -0.25) is 9.59 Å². The Kier molecular flexibility index (Phi) is 4.03. The van der Waals surface area contributed by atoms with E-state index in [1.807, 2.05) is 6.92 Å². The van der Waals surface area contributed by atoms with Gasteiger partial charge in [-0.15, -0.1) is 0 Å². The summed E-state index contributed by atoms with van der Waals surface area (Å²) in [5, 5.41) is 0. The second-order valence-electron chi connectivity index (χ2n) is 4.49. The molecule has 0 aromatic heterocycles. The topological polar surface area (TPSA) is 34.1 Å². The van der Waals surface area contributed by atoms with Gasteiger partial charge >= 0.3 is 0 Å². The summed E-state index contributed by atoms with van der Waals surface area (Å²) in [7, 11) is 0. The van der Waals surface area contributed by atoms with E-state index in [1.165, 1.54) is 12.1 Å². The molecule has 0 aliphatic heterocycles. The van der Waals surface area contributed by atoms with E-state index in [0.29, 0.717) is 5.56 Å². The minimum Gasteiger partial charge on any atom is -0.294 e. The molecule has 2 rings (SSSR count). The number of carbonyl (C=O) groups is 2. The average molecular weight is 274 g/mol. The molecule has 0 aliphatic carbocycles. The van der Waals surface area contributed by atoms with Gasteiger partial charge in [0.25, 0.3) is 0 Å². The quantitative estimate of drug-likeness (QED) is 0.629. The molecule has 0 saturated carbocycles. The summed E-state index contributed by atoms with van der Waals surface area (Å²) in [4.78, 5) is 23.7. The third-order valence-electron chi connectivity index (χ3n) is 2.95. The maximum Gasteiger partial charge on any atom is 0.173 e. The molecule has 20 heavy (non-hydrogen) atoms. The van der Waals surface area contributed by atoms with Crippen LogP contribution in [0.25, 0.3) is 0 Å². The fourth-order valence-electron chi connectivity index (χ4n) is 1.80. The molecule has 0 saturated heterocycles. The molecule has 0 bridgehead atoms. The van der Waals surface area contributed by atoms with Gasteiger partial charge in [-0.25, -0.2) is 8.78 Å². The summed E-state index contributed by atoms with van der Waals surface area (Å²) in [5.74, 6) is -3.46. The summed E-state index contributed by atoms with van der Waals surface area (Å²) in [6.07, 6.45) is -0.483. The van der Waals surface area contributed by atoms with Gasteiger partial charge in [-0.2, -0.15) is 0 Å². The van der Waals surface area contributed by atoms with E-state index >= 15 is 0 Å². The lowest BCUT2D eigenvalue weighted by molar-refractivity contribution is 0.0891. The number of benzene rings is 2. The largest absolute Gasteiger partial charge is 0.294 e. The Morgan fingerprint density at radius 2 is 1.60 bits per heavy atom. The highest BCUT2D eigenvalue weighted by molar-refractivity contribution is 6.13. The van der Waals surface area contributed by atoms with Gasteiger partial charge in [0, 0.05) is 5.56 Å². The molecule has 0 spiro atoms. The summed E-state index contributed by atoms with van der Waals surface area (Å²) < 4.78 is 26.5. The molecule has 0 amide bonds. The number of carbonyl (C=O) groups excluding carboxylic acids is 2. The lowest BCUT2D eigenvalue weighted by Gasteiger charge is -2.03. The van der Waals surface area contributed by atoms with Gasteiger partial charge in [-0.05, 0) is 19.1 Å². The summed E-state index contributed by atoms with van der Waals surface area (Å²) in [6, 6.07) is 10.0. The second-order valence-corrected chi connectivity index (χ2v) is 4.49. The van der Waals surface area contributed by atoms with Crippen molar-refractivity contribution in [1.29, 1.82) is 0 Å². The lowest BCUT2D eigenvalue weighted by atomic mass is 10.0. The third kappa shape index (κ3) is 2.96. The van der Waals surface area contributed by atoms with Crippen LogP contribution in [0, 0.1) is 18.6 Å². The van der Waals surface area contributed by atoms with Crippen LogP contribution in [0.1, 0.15) is 32.7 Å². The molecule has 2 aromatic rings. The smallest absolute Gasteiger partial charge is 0.173 e. The van der Waals surface area contributed by atoms with Gasteiger partial charge < -0.3 is 0 Å². The van der Waals surface area contributed by atoms with Crippen LogP contribution in [-0.2, 0) is 0 Å². The maximum absolute atomic E-state index is 13.5. The van der Waals surface area contributed by atoms with Gasteiger partial charge in [0.1, 0.15) is 0 Å². The first-order valence-corrected chi connectivity index (χ1v) is 6.06. The van der Waals surface area contributed by atoms with Crippen LogP contribution < -0.4 is 0 Å². The Bertz CT molecular complexity index is 661. The highest BCUT2D eigenvalue weighted by atomic mass is 19.2. The number of aryl methyl sites for hydroxylation is 1. The molecule has 2 nitrogen and oxygen atoms in total. The van der Waals surface area contributed by atoms with E-state index in [1.54, 1.807) is 24.3 Å². The normalized spacial score (nSPS) is 10.3. The molecule has 0 aliphatic rings. The first kappa shape index (κ1) is 14.1. The minimum atomic E-state index is -1.21. The number of hydrogen-bond acceptors (Lipinski definition) is 2. The van der Waals surface area contributed by atoms with E-state index < -0.39 is 35.2 Å². The molecular weight excluding hydrogens is 262 g/mol. The van der Waals surface area contributed by atoms with Crippen LogP contribution in [0.5, 0.6) is 0 Å². The standard InChI is InChI=1S/C16H12F2O2/c1-10-5-7-11(8-6-10)14(19)9-15(20)12-3-2-4-13(17)16(12)18/h2-8H,9H2,1H3. The van der Waals surface area contributed by atoms with Crippen LogP contribution in [0.2, 0.25) is 0 Å². The Hall–Kier alpha value is -2.36. The predicted octanol–water partition coefficient (Wildman–Crippen LogP) is 3.73. The SMILES string of the molecule is Cc1ccc(C(=O)CC(=O)c2cccc(F)c2F)cc1. The van der Waals surface area contributed by atoms with Crippen molar-refractivity contribution in [3.8, 4) is 0 Å². The summed E-state index contributed by atoms with van der Waals surface area (Å²) >= 11 is 0. The fraction of sp³-hybridized carbons (Fsp3) is 0.125. The molecule has 0 N–H and O–H groups in total. The third-order valence-corrected chi connectivity index (χ3v) is 2.95. The molecule has 0 fully saturated rings.